The minimum Gasteiger partial charge on any atom is -0.494 e. The van der Waals surface area contributed by atoms with Gasteiger partial charge in [0.25, 0.3) is 0 Å². The minimum absolute atomic E-state index is 0.735. The maximum atomic E-state index is 5.50. The average Bonchev–Trinajstić information content (AvgIpc) is 2.83. The van der Waals surface area contributed by atoms with Crippen molar-refractivity contribution in [3.8, 4) is 5.75 Å². The number of hydrogen-bond donors (Lipinski definition) is 1. The lowest BCUT2D eigenvalue weighted by Crippen LogP contribution is -2.20. The van der Waals surface area contributed by atoms with Crippen molar-refractivity contribution in [1.82, 2.24) is 5.32 Å². The van der Waals surface area contributed by atoms with Crippen molar-refractivity contribution in [2.45, 2.75) is 39.2 Å². The summed E-state index contributed by atoms with van der Waals surface area (Å²) >= 11 is 0. The molecule has 0 heterocycles. The van der Waals surface area contributed by atoms with Crippen LogP contribution >= 0.6 is 0 Å². The topological polar surface area (TPSA) is 21.3 Å². The largest absolute Gasteiger partial charge is 0.494 e. The van der Waals surface area contributed by atoms with Gasteiger partial charge in [-0.1, -0.05) is 25.0 Å². The highest BCUT2D eigenvalue weighted by Crippen LogP contribution is 2.23. The molecule has 2 rings (SSSR count). The highest BCUT2D eigenvalue weighted by atomic mass is 16.5. The molecule has 0 aliphatic heterocycles. The molecule has 1 aliphatic rings. The fourth-order valence-electron chi connectivity index (χ4n) is 2.55. The molecule has 2 heteroatoms. The molecule has 0 unspecified atom stereocenters. The number of hydrogen-bond acceptors (Lipinski definition) is 2. The van der Waals surface area contributed by atoms with Crippen molar-refractivity contribution in [2.24, 2.45) is 5.92 Å². The number of nitrogens with one attached hydrogen (secondary N) is 1. The standard InChI is InChI=1S/C15H23NO/c1-2-17-15-9-5-8-14(10-15)12-16-11-13-6-3-4-7-13/h5,8-10,13,16H,2-4,6-7,11-12H2,1H3. The van der Waals surface area contributed by atoms with Crippen molar-refractivity contribution in [1.29, 1.82) is 0 Å². The highest BCUT2D eigenvalue weighted by Gasteiger charge is 2.13. The molecule has 2 nitrogen and oxygen atoms in total. The molecule has 0 atom stereocenters. The Hall–Kier alpha value is -1.02. The number of ether oxygens (including phenoxy) is 1. The van der Waals surface area contributed by atoms with Crippen LogP contribution in [-0.2, 0) is 6.54 Å². The third-order valence-corrected chi connectivity index (χ3v) is 3.45. The zero-order chi connectivity index (χ0) is 11.9. The van der Waals surface area contributed by atoms with Crippen LogP contribution in [0, 0.1) is 5.92 Å². The normalized spacial score (nSPS) is 16.3. The van der Waals surface area contributed by atoms with Gasteiger partial charge in [0.1, 0.15) is 5.75 Å². The quantitative estimate of drug-likeness (QED) is 0.813. The van der Waals surface area contributed by atoms with E-state index < -0.39 is 0 Å². The summed E-state index contributed by atoms with van der Waals surface area (Å²) in [5, 5.41) is 3.56. The Morgan fingerprint density at radius 1 is 1.29 bits per heavy atom. The molecule has 94 valence electrons. The molecule has 17 heavy (non-hydrogen) atoms. The van der Waals surface area contributed by atoms with E-state index in [2.05, 4.69) is 23.5 Å². The van der Waals surface area contributed by atoms with Gasteiger partial charge in [0, 0.05) is 6.54 Å². The third-order valence-electron chi connectivity index (χ3n) is 3.45. The van der Waals surface area contributed by atoms with Gasteiger partial charge in [-0.15, -0.1) is 0 Å². The van der Waals surface area contributed by atoms with Crippen LogP contribution in [0.3, 0.4) is 0 Å². The van der Waals surface area contributed by atoms with Gasteiger partial charge in [-0.25, -0.2) is 0 Å². The minimum atomic E-state index is 0.735. The van der Waals surface area contributed by atoms with Crippen LogP contribution in [0.15, 0.2) is 24.3 Å². The molecular weight excluding hydrogens is 210 g/mol. The van der Waals surface area contributed by atoms with E-state index >= 15 is 0 Å². The summed E-state index contributed by atoms with van der Waals surface area (Å²) in [5.74, 6) is 1.89. The second-order valence-electron chi connectivity index (χ2n) is 4.86. The van der Waals surface area contributed by atoms with E-state index in [1.807, 2.05) is 13.0 Å². The summed E-state index contributed by atoms with van der Waals surface area (Å²) in [7, 11) is 0. The van der Waals surface area contributed by atoms with E-state index in [0.29, 0.717) is 0 Å². The molecule has 1 aliphatic carbocycles. The van der Waals surface area contributed by atoms with Gasteiger partial charge in [-0.2, -0.15) is 0 Å². The lowest BCUT2D eigenvalue weighted by molar-refractivity contribution is 0.339. The van der Waals surface area contributed by atoms with Gasteiger partial charge in [0.05, 0.1) is 6.61 Å². The van der Waals surface area contributed by atoms with Crippen LogP contribution in [0.25, 0.3) is 0 Å². The van der Waals surface area contributed by atoms with Crippen molar-refractivity contribution in [2.75, 3.05) is 13.2 Å². The van der Waals surface area contributed by atoms with Gasteiger partial charge in [-0.3, -0.25) is 0 Å². The Labute approximate surface area is 104 Å². The predicted octanol–water partition coefficient (Wildman–Crippen LogP) is 3.37. The zero-order valence-electron chi connectivity index (χ0n) is 10.7. The zero-order valence-corrected chi connectivity index (χ0v) is 10.7. The van der Waals surface area contributed by atoms with Crippen LogP contribution in [0.2, 0.25) is 0 Å². The fourth-order valence-corrected chi connectivity index (χ4v) is 2.55. The van der Waals surface area contributed by atoms with Crippen molar-refractivity contribution in [3.63, 3.8) is 0 Å². The van der Waals surface area contributed by atoms with E-state index in [1.165, 1.54) is 37.8 Å². The molecule has 0 bridgehead atoms. The van der Waals surface area contributed by atoms with Gasteiger partial charge < -0.3 is 10.1 Å². The Morgan fingerprint density at radius 3 is 2.88 bits per heavy atom. The smallest absolute Gasteiger partial charge is 0.119 e. The van der Waals surface area contributed by atoms with E-state index in [9.17, 15) is 0 Å². The van der Waals surface area contributed by atoms with Crippen LogP contribution in [0.5, 0.6) is 5.75 Å². The first-order valence-corrected chi connectivity index (χ1v) is 6.81. The van der Waals surface area contributed by atoms with Gasteiger partial charge >= 0.3 is 0 Å². The first-order chi connectivity index (χ1) is 8.38. The van der Waals surface area contributed by atoms with Gasteiger partial charge in [0.2, 0.25) is 0 Å². The summed E-state index contributed by atoms with van der Waals surface area (Å²) < 4.78 is 5.50. The molecule has 0 spiro atoms. The van der Waals surface area contributed by atoms with Gasteiger partial charge in [0.15, 0.2) is 0 Å². The lowest BCUT2D eigenvalue weighted by atomic mass is 10.1. The Morgan fingerprint density at radius 2 is 2.12 bits per heavy atom. The lowest BCUT2D eigenvalue weighted by Gasteiger charge is -2.11. The summed E-state index contributed by atoms with van der Waals surface area (Å²) in [6.07, 6.45) is 5.66. The summed E-state index contributed by atoms with van der Waals surface area (Å²) in [6, 6.07) is 8.37. The maximum absolute atomic E-state index is 5.50. The van der Waals surface area contributed by atoms with Crippen LogP contribution in [-0.4, -0.2) is 13.2 Å². The van der Waals surface area contributed by atoms with E-state index in [0.717, 1.165) is 24.8 Å². The third kappa shape index (κ3) is 4.04. The summed E-state index contributed by atoms with van der Waals surface area (Å²) in [5.41, 5.74) is 1.31. The second kappa shape index (κ2) is 6.65. The van der Waals surface area contributed by atoms with Crippen LogP contribution in [0.4, 0.5) is 0 Å². The molecule has 0 aromatic heterocycles. The van der Waals surface area contributed by atoms with Crippen molar-refractivity contribution >= 4 is 0 Å². The predicted molar refractivity (Wildman–Crippen MR) is 71.3 cm³/mol. The highest BCUT2D eigenvalue weighted by molar-refractivity contribution is 5.28. The molecule has 0 radical (unpaired) electrons. The Bertz CT molecular complexity index is 331. The Kier molecular flexibility index (Phi) is 4.87. The first-order valence-electron chi connectivity index (χ1n) is 6.81. The second-order valence-corrected chi connectivity index (χ2v) is 4.86. The van der Waals surface area contributed by atoms with Crippen LogP contribution < -0.4 is 10.1 Å². The van der Waals surface area contributed by atoms with Crippen LogP contribution in [0.1, 0.15) is 38.2 Å². The fraction of sp³-hybridized carbons (Fsp3) is 0.600. The number of benzene rings is 1. The SMILES string of the molecule is CCOc1cccc(CNCC2CCCC2)c1. The molecule has 1 saturated carbocycles. The van der Waals surface area contributed by atoms with Gasteiger partial charge in [-0.05, 0) is 49.9 Å². The molecular formula is C15H23NO. The summed E-state index contributed by atoms with van der Waals surface area (Å²) in [4.78, 5) is 0. The molecule has 0 amide bonds. The molecule has 1 fully saturated rings. The van der Waals surface area contributed by atoms with E-state index in [1.54, 1.807) is 0 Å². The summed E-state index contributed by atoms with van der Waals surface area (Å²) in [6.45, 7) is 4.88. The van der Waals surface area contributed by atoms with E-state index in [4.69, 9.17) is 4.74 Å². The average molecular weight is 233 g/mol. The molecule has 1 aromatic carbocycles. The van der Waals surface area contributed by atoms with Crippen molar-refractivity contribution < 1.29 is 4.74 Å². The first kappa shape index (κ1) is 12.4. The number of rotatable bonds is 6. The maximum Gasteiger partial charge on any atom is 0.119 e. The molecule has 0 saturated heterocycles. The van der Waals surface area contributed by atoms with E-state index in [-0.39, 0.29) is 0 Å². The monoisotopic (exact) mass is 233 g/mol. The molecule has 1 N–H and O–H groups in total. The Balaban J connectivity index is 1.75. The molecule has 1 aromatic rings. The van der Waals surface area contributed by atoms with Crippen molar-refractivity contribution in [3.05, 3.63) is 29.8 Å².